The molecular weight excluding hydrogens is 406 g/mol. The summed E-state index contributed by atoms with van der Waals surface area (Å²) < 4.78 is 11.0. The van der Waals surface area contributed by atoms with Gasteiger partial charge >= 0.3 is 0 Å². The fraction of sp³-hybridized carbons (Fsp3) is 0.833. The third-order valence-electron chi connectivity index (χ3n) is 8.20. The Hall–Kier alpha value is -1.82. The van der Waals surface area contributed by atoms with Crippen LogP contribution in [0.25, 0.3) is 0 Å². The molecule has 0 spiro atoms. The lowest BCUT2D eigenvalue weighted by Crippen LogP contribution is -2.55. The molecule has 8 nitrogen and oxygen atoms in total. The van der Waals surface area contributed by atoms with Gasteiger partial charge in [-0.3, -0.25) is 14.8 Å². The molecular formula is C24H37N5O3. The summed E-state index contributed by atoms with van der Waals surface area (Å²) in [5, 5.41) is 13.4. The molecule has 1 amide bonds. The van der Waals surface area contributed by atoms with Gasteiger partial charge < -0.3 is 19.7 Å². The summed E-state index contributed by atoms with van der Waals surface area (Å²) in [4.78, 5) is 24.7. The monoisotopic (exact) mass is 443 g/mol. The molecule has 0 aliphatic carbocycles. The zero-order valence-corrected chi connectivity index (χ0v) is 19.9. The molecule has 4 aliphatic heterocycles. The minimum atomic E-state index is -0.484. The summed E-state index contributed by atoms with van der Waals surface area (Å²) in [5.41, 5.74) is -0.484. The van der Waals surface area contributed by atoms with Crippen LogP contribution in [0.1, 0.15) is 46.5 Å². The molecule has 0 aromatic heterocycles. The number of likely N-dealkylation sites (tertiary alicyclic amines) is 1. The zero-order chi connectivity index (χ0) is 23.0. The van der Waals surface area contributed by atoms with Crippen LogP contribution in [0.15, 0.2) is 9.98 Å². The number of carbonyl (C=O) groups excluding carboxylic acids is 1. The second-order valence-electron chi connectivity index (χ2n) is 10.4. The molecule has 32 heavy (non-hydrogen) atoms. The van der Waals surface area contributed by atoms with Gasteiger partial charge in [-0.25, -0.2) is 0 Å². The molecule has 4 aliphatic rings. The Labute approximate surface area is 191 Å². The first-order valence-corrected chi connectivity index (χ1v) is 11.9. The summed E-state index contributed by atoms with van der Waals surface area (Å²) in [6.07, 6.45) is 7.15. The van der Waals surface area contributed by atoms with Gasteiger partial charge in [-0.15, -0.1) is 0 Å². The van der Waals surface area contributed by atoms with Crippen LogP contribution in [-0.2, 0) is 14.3 Å². The van der Waals surface area contributed by atoms with Gasteiger partial charge in [0.1, 0.15) is 6.10 Å². The molecule has 0 bridgehead atoms. The highest BCUT2D eigenvalue weighted by Crippen LogP contribution is 2.40. The molecule has 0 radical (unpaired) electrons. The van der Waals surface area contributed by atoms with Crippen LogP contribution in [0.3, 0.4) is 0 Å². The number of aliphatic imine (C=N–C) groups is 2. The number of nitriles is 1. The SMILES string of the molecule is COC1CC(C2CCC3C(=O)N(C4CN=CC(C(C)(C)C#N)C4)C(C)C3N2)C=NC1OC. The summed E-state index contributed by atoms with van der Waals surface area (Å²) in [5.74, 6) is 0.590. The van der Waals surface area contributed by atoms with E-state index in [4.69, 9.17) is 9.47 Å². The Bertz CT molecular complexity index is 806. The molecule has 0 saturated carbocycles. The van der Waals surface area contributed by atoms with Crippen LogP contribution in [0, 0.1) is 34.5 Å². The number of nitrogens with zero attached hydrogens (tertiary/aromatic N) is 4. The van der Waals surface area contributed by atoms with E-state index in [0.29, 0.717) is 6.54 Å². The van der Waals surface area contributed by atoms with Crippen LogP contribution in [0.2, 0.25) is 0 Å². The molecule has 176 valence electrons. The Morgan fingerprint density at radius 2 is 2.00 bits per heavy atom. The van der Waals surface area contributed by atoms with Crippen molar-refractivity contribution in [3.63, 3.8) is 0 Å². The number of hydrogen-bond donors (Lipinski definition) is 1. The molecule has 9 atom stereocenters. The number of piperidine rings is 1. The van der Waals surface area contributed by atoms with Gasteiger partial charge in [0.25, 0.3) is 0 Å². The van der Waals surface area contributed by atoms with Crippen molar-refractivity contribution in [3.05, 3.63) is 0 Å². The zero-order valence-electron chi connectivity index (χ0n) is 19.9. The van der Waals surface area contributed by atoms with Crippen molar-refractivity contribution in [2.45, 2.75) is 83.0 Å². The maximum absolute atomic E-state index is 13.4. The number of ether oxygens (including phenoxy) is 2. The van der Waals surface area contributed by atoms with Crippen LogP contribution in [0.4, 0.5) is 0 Å². The topological polar surface area (TPSA) is 99.3 Å². The van der Waals surface area contributed by atoms with E-state index in [1.165, 1.54) is 0 Å². The lowest BCUT2D eigenvalue weighted by molar-refractivity contribution is -0.134. The third kappa shape index (κ3) is 4.11. The quantitative estimate of drug-likeness (QED) is 0.701. The minimum absolute atomic E-state index is 0.0139. The highest BCUT2D eigenvalue weighted by atomic mass is 16.5. The number of carbonyl (C=O) groups is 1. The van der Waals surface area contributed by atoms with Gasteiger partial charge in [-0.05, 0) is 46.5 Å². The number of fused-ring (bicyclic) bond motifs is 1. The first kappa shape index (κ1) is 23.3. The first-order valence-electron chi connectivity index (χ1n) is 11.9. The second-order valence-corrected chi connectivity index (χ2v) is 10.4. The summed E-state index contributed by atoms with van der Waals surface area (Å²) >= 11 is 0. The van der Waals surface area contributed by atoms with Gasteiger partial charge in [0, 0.05) is 56.6 Å². The standard InChI is InChI=1S/C24H37N5O3/c1-14-21-18(6-7-19(28-21)15-8-20(31-4)22(32-5)27-10-15)23(30)29(14)17-9-16(11-26-12-17)24(2,3)13-25/h10-11,14-22,28H,6-9,12H2,1-5H3. The van der Waals surface area contributed by atoms with E-state index in [2.05, 4.69) is 33.2 Å². The van der Waals surface area contributed by atoms with E-state index in [-0.39, 0.29) is 60.2 Å². The maximum atomic E-state index is 13.4. The van der Waals surface area contributed by atoms with Gasteiger partial charge in [-0.1, -0.05) is 0 Å². The predicted octanol–water partition coefficient (Wildman–Crippen LogP) is 2.04. The van der Waals surface area contributed by atoms with Gasteiger partial charge in [-0.2, -0.15) is 5.26 Å². The highest BCUT2D eigenvalue weighted by molar-refractivity contribution is 5.83. The second kappa shape index (κ2) is 9.20. The average Bonchev–Trinajstić information content (AvgIpc) is 3.07. The van der Waals surface area contributed by atoms with Crippen LogP contribution < -0.4 is 5.32 Å². The largest absolute Gasteiger partial charge is 0.377 e. The fourth-order valence-corrected chi connectivity index (χ4v) is 6.09. The Kier molecular flexibility index (Phi) is 6.71. The molecule has 0 aromatic rings. The Morgan fingerprint density at radius 3 is 2.69 bits per heavy atom. The van der Waals surface area contributed by atoms with E-state index < -0.39 is 5.41 Å². The van der Waals surface area contributed by atoms with Crippen molar-refractivity contribution in [2.24, 2.45) is 33.2 Å². The smallest absolute Gasteiger partial charge is 0.227 e. The summed E-state index contributed by atoms with van der Waals surface area (Å²) in [6, 6.07) is 2.98. The first-order chi connectivity index (χ1) is 15.3. The van der Waals surface area contributed by atoms with Crippen molar-refractivity contribution in [3.8, 4) is 6.07 Å². The van der Waals surface area contributed by atoms with Gasteiger partial charge in [0.15, 0.2) is 6.23 Å². The molecule has 4 rings (SSSR count). The normalized spacial score (nSPS) is 42.1. The molecule has 0 aromatic carbocycles. The molecule has 2 fully saturated rings. The van der Waals surface area contributed by atoms with Crippen molar-refractivity contribution in [2.75, 3.05) is 20.8 Å². The minimum Gasteiger partial charge on any atom is -0.377 e. The van der Waals surface area contributed by atoms with E-state index in [1.54, 1.807) is 14.2 Å². The molecule has 4 heterocycles. The van der Waals surface area contributed by atoms with Crippen molar-refractivity contribution >= 4 is 18.3 Å². The molecule has 8 heteroatoms. The number of amides is 1. The molecule has 2 saturated heterocycles. The Balaban J connectivity index is 1.46. The number of nitrogens with one attached hydrogen (secondary N) is 1. The fourth-order valence-electron chi connectivity index (χ4n) is 6.09. The van der Waals surface area contributed by atoms with E-state index in [0.717, 1.165) is 25.7 Å². The lowest BCUT2D eigenvalue weighted by atomic mass is 9.76. The van der Waals surface area contributed by atoms with Crippen LogP contribution >= 0.6 is 0 Å². The lowest BCUT2D eigenvalue weighted by Gasteiger charge is -2.40. The van der Waals surface area contributed by atoms with Gasteiger partial charge in [0.2, 0.25) is 5.91 Å². The number of hydrogen-bond acceptors (Lipinski definition) is 7. The van der Waals surface area contributed by atoms with Gasteiger partial charge in [0.05, 0.1) is 30.0 Å². The van der Waals surface area contributed by atoms with Crippen molar-refractivity contribution < 1.29 is 14.3 Å². The Morgan fingerprint density at radius 1 is 1.22 bits per heavy atom. The molecule has 1 N–H and O–H groups in total. The molecule has 9 unspecified atom stereocenters. The van der Waals surface area contributed by atoms with E-state index in [1.807, 2.05) is 26.3 Å². The van der Waals surface area contributed by atoms with Crippen molar-refractivity contribution in [1.29, 1.82) is 5.26 Å². The van der Waals surface area contributed by atoms with E-state index in [9.17, 15) is 10.1 Å². The highest BCUT2D eigenvalue weighted by Gasteiger charge is 2.52. The average molecular weight is 444 g/mol. The number of methoxy groups -OCH3 is 2. The van der Waals surface area contributed by atoms with Crippen LogP contribution in [0.5, 0.6) is 0 Å². The van der Waals surface area contributed by atoms with Crippen LogP contribution in [-0.4, -0.2) is 80.5 Å². The van der Waals surface area contributed by atoms with Crippen molar-refractivity contribution in [1.82, 2.24) is 10.2 Å². The van der Waals surface area contributed by atoms with E-state index >= 15 is 0 Å². The maximum Gasteiger partial charge on any atom is 0.227 e. The number of rotatable bonds is 5. The summed E-state index contributed by atoms with van der Waals surface area (Å²) in [7, 11) is 3.37. The predicted molar refractivity (Wildman–Crippen MR) is 123 cm³/mol. The summed E-state index contributed by atoms with van der Waals surface area (Å²) in [6.45, 7) is 6.70. The third-order valence-corrected chi connectivity index (χ3v) is 8.20.